The summed E-state index contributed by atoms with van der Waals surface area (Å²) in [5, 5.41) is 6.63. The normalized spacial score (nSPS) is 11.6. The minimum absolute atomic E-state index is 0.848. The first kappa shape index (κ1) is 31.2. The fourth-order valence-corrected chi connectivity index (χ4v) is 8.26. The Morgan fingerprint density at radius 1 is 0.327 bits per heavy atom. The summed E-state index contributed by atoms with van der Waals surface area (Å²) in [6.45, 7) is 0. The van der Waals surface area contributed by atoms with E-state index in [9.17, 15) is 0 Å². The van der Waals surface area contributed by atoms with Crippen LogP contribution in [0.2, 0.25) is 0 Å². The first-order chi connectivity index (χ1) is 27.3. The molecule has 0 atom stereocenters. The molecule has 0 amide bonds. The lowest BCUT2D eigenvalue weighted by molar-refractivity contribution is 0.669. The van der Waals surface area contributed by atoms with Gasteiger partial charge in [0.2, 0.25) is 0 Å². The first-order valence-corrected chi connectivity index (χ1v) is 18.7. The van der Waals surface area contributed by atoms with Gasteiger partial charge < -0.3 is 13.7 Å². The van der Waals surface area contributed by atoms with Crippen molar-refractivity contribution in [1.29, 1.82) is 0 Å². The average Bonchev–Trinajstić information content (AvgIpc) is 3.83. The van der Waals surface area contributed by atoms with Crippen LogP contribution in [0.25, 0.3) is 88.0 Å². The van der Waals surface area contributed by atoms with Crippen LogP contribution in [0, 0.1) is 0 Å². The summed E-state index contributed by atoms with van der Waals surface area (Å²) >= 11 is 0. The zero-order valence-corrected chi connectivity index (χ0v) is 29.8. The SMILES string of the molecule is c1ccc(-c2ccc(-c3ccc(N(c4ccc5c(c4)oc4ccccc45)c4cccc5oc6c7ccccc7ccc6c45)cc3)c(-c3ccccc3)c2)cc1. The molecule has 0 saturated heterocycles. The van der Waals surface area contributed by atoms with E-state index in [1.54, 1.807) is 0 Å². The summed E-state index contributed by atoms with van der Waals surface area (Å²) in [6, 6.07) is 71.0. The number of anilines is 3. The van der Waals surface area contributed by atoms with Crippen molar-refractivity contribution in [2.24, 2.45) is 0 Å². The van der Waals surface area contributed by atoms with Crippen molar-refractivity contribution in [2.45, 2.75) is 0 Å². The molecule has 0 fully saturated rings. The van der Waals surface area contributed by atoms with E-state index in [0.29, 0.717) is 0 Å². The van der Waals surface area contributed by atoms with E-state index in [1.165, 1.54) is 27.8 Å². The molecular weight excluding hydrogens is 671 g/mol. The molecule has 11 rings (SSSR count). The zero-order valence-electron chi connectivity index (χ0n) is 29.8. The summed E-state index contributed by atoms with van der Waals surface area (Å²) < 4.78 is 13.1. The summed E-state index contributed by atoms with van der Waals surface area (Å²) in [5.41, 5.74) is 13.7. The van der Waals surface area contributed by atoms with Crippen LogP contribution in [0.3, 0.4) is 0 Å². The molecule has 258 valence electrons. The number of benzene rings is 9. The van der Waals surface area contributed by atoms with Gasteiger partial charge in [-0.25, -0.2) is 0 Å². The topological polar surface area (TPSA) is 29.5 Å². The maximum absolute atomic E-state index is 6.67. The predicted octanol–water partition coefficient (Wildman–Crippen LogP) is 15.1. The molecular formula is C52H33NO2. The quantitative estimate of drug-likeness (QED) is 0.173. The van der Waals surface area contributed by atoms with Crippen LogP contribution in [-0.2, 0) is 0 Å². The van der Waals surface area contributed by atoms with E-state index in [1.807, 2.05) is 12.1 Å². The third-order valence-electron chi connectivity index (χ3n) is 10.9. The molecule has 55 heavy (non-hydrogen) atoms. The molecule has 0 aliphatic heterocycles. The number of furan rings is 2. The fraction of sp³-hybridized carbons (Fsp3) is 0. The van der Waals surface area contributed by atoms with Crippen molar-refractivity contribution < 1.29 is 8.83 Å². The third kappa shape index (κ3) is 5.20. The Morgan fingerprint density at radius 3 is 1.80 bits per heavy atom. The molecule has 0 aliphatic rings. The third-order valence-corrected chi connectivity index (χ3v) is 10.9. The van der Waals surface area contributed by atoms with Gasteiger partial charge in [-0.15, -0.1) is 0 Å². The van der Waals surface area contributed by atoms with Gasteiger partial charge in [-0.1, -0.05) is 140 Å². The van der Waals surface area contributed by atoms with E-state index >= 15 is 0 Å². The van der Waals surface area contributed by atoms with E-state index < -0.39 is 0 Å². The van der Waals surface area contributed by atoms with Gasteiger partial charge in [0, 0.05) is 39.0 Å². The second-order valence-corrected chi connectivity index (χ2v) is 14.1. The summed E-state index contributed by atoms with van der Waals surface area (Å²) in [4.78, 5) is 2.33. The minimum Gasteiger partial charge on any atom is -0.456 e. The molecule has 2 heterocycles. The molecule has 11 aromatic rings. The van der Waals surface area contributed by atoms with Crippen LogP contribution in [0.5, 0.6) is 0 Å². The maximum Gasteiger partial charge on any atom is 0.143 e. The second-order valence-electron chi connectivity index (χ2n) is 14.1. The van der Waals surface area contributed by atoms with Gasteiger partial charge in [-0.05, 0) is 93.4 Å². The van der Waals surface area contributed by atoms with Crippen LogP contribution in [0.4, 0.5) is 17.1 Å². The lowest BCUT2D eigenvalue weighted by Gasteiger charge is -2.26. The lowest BCUT2D eigenvalue weighted by Crippen LogP contribution is -2.10. The predicted molar refractivity (Wildman–Crippen MR) is 229 cm³/mol. The van der Waals surface area contributed by atoms with Gasteiger partial charge in [0.1, 0.15) is 22.3 Å². The highest BCUT2D eigenvalue weighted by molar-refractivity contribution is 6.19. The number of hydrogen-bond acceptors (Lipinski definition) is 3. The van der Waals surface area contributed by atoms with Gasteiger partial charge in [0.15, 0.2) is 0 Å². The summed E-state index contributed by atoms with van der Waals surface area (Å²) in [7, 11) is 0. The number of rotatable bonds is 6. The van der Waals surface area contributed by atoms with Gasteiger partial charge in [-0.2, -0.15) is 0 Å². The van der Waals surface area contributed by atoms with Crippen LogP contribution in [0.15, 0.2) is 209 Å². The van der Waals surface area contributed by atoms with Crippen molar-refractivity contribution in [3.63, 3.8) is 0 Å². The van der Waals surface area contributed by atoms with Crippen LogP contribution in [-0.4, -0.2) is 0 Å². The van der Waals surface area contributed by atoms with Crippen LogP contribution in [0.1, 0.15) is 0 Å². The molecule has 2 aromatic heterocycles. The zero-order chi connectivity index (χ0) is 36.3. The molecule has 0 aliphatic carbocycles. The Hall–Kier alpha value is -7.36. The van der Waals surface area contributed by atoms with Gasteiger partial charge in [0.25, 0.3) is 0 Å². The molecule has 0 saturated carbocycles. The summed E-state index contributed by atoms with van der Waals surface area (Å²) in [6.07, 6.45) is 0. The molecule has 9 aromatic carbocycles. The summed E-state index contributed by atoms with van der Waals surface area (Å²) in [5.74, 6) is 0. The Labute approximate surface area is 317 Å². The Bertz CT molecular complexity index is 3190. The molecule has 0 N–H and O–H groups in total. The number of hydrogen-bond donors (Lipinski definition) is 0. The van der Waals surface area contributed by atoms with E-state index in [0.717, 1.165) is 77.3 Å². The Kier molecular flexibility index (Phi) is 7.17. The van der Waals surface area contributed by atoms with Crippen molar-refractivity contribution in [3.8, 4) is 33.4 Å². The largest absolute Gasteiger partial charge is 0.456 e. The molecule has 3 heteroatoms. The van der Waals surface area contributed by atoms with Crippen molar-refractivity contribution >= 4 is 71.7 Å². The highest BCUT2D eigenvalue weighted by Crippen LogP contribution is 2.46. The monoisotopic (exact) mass is 703 g/mol. The van der Waals surface area contributed by atoms with Crippen molar-refractivity contribution in [1.82, 2.24) is 0 Å². The van der Waals surface area contributed by atoms with Crippen LogP contribution >= 0.6 is 0 Å². The maximum atomic E-state index is 6.67. The smallest absolute Gasteiger partial charge is 0.143 e. The number of nitrogens with zero attached hydrogens (tertiary/aromatic N) is 1. The average molecular weight is 704 g/mol. The van der Waals surface area contributed by atoms with Crippen molar-refractivity contribution in [2.75, 3.05) is 4.90 Å². The molecule has 0 unspecified atom stereocenters. The Balaban J connectivity index is 1.10. The van der Waals surface area contributed by atoms with Gasteiger partial charge >= 0.3 is 0 Å². The number of para-hydroxylation sites is 1. The van der Waals surface area contributed by atoms with Crippen LogP contribution < -0.4 is 4.90 Å². The van der Waals surface area contributed by atoms with E-state index in [4.69, 9.17) is 8.83 Å². The molecule has 3 nitrogen and oxygen atoms in total. The van der Waals surface area contributed by atoms with Gasteiger partial charge in [0.05, 0.1) is 11.1 Å². The molecule has 0 radical (unpaired) electrons. The number of fused-ring (bicyclic) bond motifs is 8. The molecule has 0 spiro atoms. The van der Waals surface area contributed by atoms with E-state index in [2.05, 4.69) is 193 Å². The highest BCUT2D eigenvalue weighted by Gasteiger charge is 2.22. The lowest BCUT2D eigenvalue weighted by atomic mass is 9.91. The fourth-order valence-electron chi connectivity index (χ4n) is 8.26. The van der Waals surface area contributed by atoms with Gasteiger partial charge in [-0.3, -0.25) is 0 Å². The van der Waals surface area contributed by atoms with E-state index in [-0.39, 0.29) is 0 Å². The standard InChI is InChI=1S/C52H33NO2/c1-3-12-34(13-4-1)38-25-29-41(46(32-38)35-14-5-2-6-15-35)37-22-26-39(27-23-37)53(40-28-31-44-43-18-9-10-20-48(43)54-50(44)33-40)47-19-11-21-49-51(47)45-30-24-36-16-7-8-17-42(36)52(45)55-49/h1-33H. The minimum atomic E-state index is 0.848. The molecule has 0 bridgehead atoms. The first-order valence-electron chi connectivity index (χ1n) is 18.7. The Morgan fingerprint density at radius 2 is 0.964 bits per heavy atom. The van der Waals surface area contributed by atoms with Crippen molar-refractivity contribution in [3.05, 3.63) is 200 Å². The highest BCUT2D eigenvalue weighted by atomic mass is 16.3. The second kappa shape index (κ2) is 12.6.